The van der Waals surface area contributed by atoms with Crippen molar-refractivity contribution in [3.05, 3.63) is 24.3 Å². The van der Waals surface area contributed by atoms with Crippen molar-refractivity contribution in [3.8, 4) is 0 Å². The summed E-state index contributed by atoms with van der Waals surface area (Å²) in [6.07, 6.45) is 3.14. The molecule has 0 spiro atoms. The van der Waals surface area contributed by atoms with Gasteiger partial charge in [0, 0.05) is 5.92 Å². The molecule has 4 heteroatoms. The Bertz CT molecular complexity index is 291. The van der Waals surface area contributed by atoms with Crippen molar-refractivity contribution in [1.29, 1.82) is 0 Å². The van der Waals surface area contributed by atoms with E-state index >= 15 is 0 Å². The molecule has 2 unspecified atom stereocenters. The maximum Gasteiger partial charge on any atom is 0.315 e. The third-order valence-electron chi connectivity index (χ3n) is 2.30. The average Bonchev–Trinajstić information content (AvgIpc) is 2.22. The van der Waals surface area contributed by atoms with Gasteiger partial charge in [0.25, 0.3) is 0 Å². The van der Waals surface area contributed by atoms with E-state index in [1.165, 1.54) is 6.08 Å². The number of ether oxygens (including phenoxy) is 1. The third-order valence-corrected chi connectivity index (χ3v) is 2.30. The van der Waals surface area contributed by atoms with Crippen molar-refractivity contribution in [2.24, 2.45) is 11.8 Å². The first-order valence-corrected chi connectivity index (χ1v) is 4.53. The first-order valence-electron chi connectivity index (χ1n) is 4.53. The van der Waals surface area contributed by atoms with E-state index in [0.717, 1.165) is 12.7 Å². The van der Waals surface area contributed by atoms with Crippen molar-refractivity contribution >= 4 is 11.9 Å². The number of carboxylic acids is 1. The number of methoxy groups -OCH3 is 1. The van der Waals surface area contributed by atoms with Crippen LogP contribution in [-0.2, 0) is 14.3 Å². The fraction of sp³-hybridized carbons (Fsp3) is 0.455. The molecule has 0 aliphatic heterocycles. The predicted molar refractivity (Wildman–Crippen MR) is 53.6 cm³/mol. The van der Waals surface area contributed by atoms with Crippen LogP contribution in [0.15, 0.2) is 24.3 Å². The van der Waals surface area contributed by atoms with Gasteiger partial charge < -0.3 is 14.6 Å². The molecule has 0 aliphatic rings. The molecule has 0 N–H and O–H groups in total. The number of rotatable bonds is 5. The fourth-order valence-electron chi connectivity index (χ4n) is 1.29. The van der Waals surface area contributed by atoms with Crippen LogP contribution in [0.3, 0.4) is 0 Å². The summed E-state index contributed by atoms with van der Waals surface area (Å²) >= 11 is 0. The molecule has 84 valence electrons. The van der Waals surface area contributed by atoms with Gasteiger partial charge >= 0.3 is 5.97 Å². The van der Waals surface area contributed by atoms with Gasteiger partial charge in [0.2, 0.25) is 0 Å². The Balaban J connectivity index is 5.12. The number of hydrogen-bond donors (Lipinski definition) is 0. The lowest BCUT2D eigenvalue weighted by atomic mass is 9.86. The molecule has 0 aromatic heterocycles. The molecule has 0 rings (SSSR count). The van der Waals surface area contributed by atoms with E-state index in [-0.39, 0.29) is 0 Å². The molecule has 0 heterocycles. The molecule has 0 saturated carbocycles. The number of carbonyl (C=O) groups is 2. The van der Waals surface area contributed by atoms with E-state index in [2.05, 4.69) is 11.3 Å². The summed E-state index contributed by atoms with van der Waals surface area (Å²) in [4.78, 5) is 22.1. The second-order valence-corrected chi connectivity index (χ2v) is 3.11. The standard InChI is InChI=1S/C11H16O4/c1-5-7(3)8(6-2)9(10(12)13)11(14)15-4/h5-6,8-9H,2H2,1,3-4H3,(H,12,13)/p-1/b7-5+. The van der Waals surface area contributed by atoms with E-state index in [9.17, 15) is 14.7 Å². The van der Waals surface area contributed by atoms with Crippen molar-refractivity contribution < 1.29 is 19.4 Å². The first-order chi connectivity index (χ1) is 6.99. The number of hydrogen-bond acceptors (Lipinski definition) is 4. The largest absolute Gasteiger partial charge is 0.549 e. The van der Waals surface area contributed by atoms with Crippen molar-refractivity contribution in [1.82, 2.24) is 0 Å². The van der Waals surface area contributed by atoms with Gasteiger partial charge in [-0.05, 0) is 13.8 Å². The van der Waals surface area contributed by atoms with E-state index in [4.69, 9.17) is 0 Å². The Morgan fingerprint density at radius 2 is 2.00 bits per heavy atom. The van der Waals surface area contributed by atoms with Crippen molar-refractivity contribution in [2.45, 2.75) is 13.8 Å². The van der Waals surface area contributed by atoms with Gasteiger partial charge in [-0.1, -0.05) is 17.7 Å². The Hall–Kier alpha value is -1.58. The minimum Gasteiger partial charge on any atom is -0.549 e. The van der Waals surface area contributed by atoms with Gasteiger partial charge in [0.1, 0.15) is 5.92 Å². The number of carboxylic acid groups (broad SMARTS) is 1. The molecule has 15 heavy (non-hydrogen) atoms. The average molecular weight is 211 g/mol. The minimum atomic E-state index is -1.45. The summed E-state index contributed by atoms with van der Waals surface area (Å²) in [5.41, 5.74) is 0.740. The second kappa shape index (κ2) is 6.01. The first kappa shape index (κ1) is 13.4. The number of esters is 1. The highest BCUT2D eigenvalue weighted by molar-refractivity contribution is 5.94. The van der Waals surface area contributed by atoms with Crippen LogP contribution in [0.25, 0.3) is 0 Å². The van der Waals surface area contributed by atoms with Crippen molar-refractivity contribution in [3.63, 3.8) is 0 Å². The lowest BCUT2D eigenvalue weighted by Gasteiger charge is -2.23. The van der Waals surface area contributed by atoms with Crippen LogP contribution in [0.4, 0.5) is 0 Å². The highest BCUT2D eigenvalue weighted by atomic mass is 16.5. The maximum absolute atomic E-state index is 11.3. The summed E-state index contributed by atoms with van der Waals surface area (Å²) in [6.45, 7) is 7.00. The van der Waals surface area contributed by atoms with Gasteiger partial charge in [0.15, 0.2) is 0 Å². The van der Waals surface area contributed by atoms with Gasteiger partial charge in [-0.3, -0.25) is 4.79 Å². The van der Waals surface area contributed by atoms with Crippen LogP contribution >= 0.6 is 0 Å². The summed E-state index contributed by atoms with van der Waals surface area (Å²) < 4.78 is 4.42. The van der Waals surface area contributed by atoms with Crippen LogP contribution in [0.1, 0.15) is 13.8 Å². The summed E-state index contributed by atoms with van der Waals surface area (Å²) in [7, 11) is 1.14. The summed E-state index contributed by atoms with van der Waals surface area (Å²) in [5, 5.41) is 10.8. The summed E-state index contributed by atoms with van der Waals surface area (Å²) in [5.74, 6) is -4.19. The Morgan fingerprint density at radius 3 is 2.27 bits per heavy atom. The topological polar surface area (TPSA) is 66.4 Å². The van der Waals surface area contributed by atoms with Gasteiger partial charge in [-0.2, -0.15) is 0 Å². The third kappa shape index (κ3) is 3.23. The Kier molecular flexibility index (Phi) is 5.37. The van der Waals surface area contributed by atoms with Gasteiger partial charge in [-0.15, -0.1) is 6.58 Å². The van der Waals surface area contributed by atoms with Crippen molar-refractivity contribution in [2.75, 3.05) is 7.11 Å². The quantitative estimate of drug-likeness (QED) is 0.372. The Labute approximate surface area is 89.2 Å². The molecular weight excluding hydrogens is 196 g/mol. The van der Waals surface area contributed by atoms with E-state index in [0.29, 0.717) is 0 Å². The zero-order valence-electron chi connectivity index (χ0n) is 9.15. The molecule has 0 bridgehead atoms. The Morgan fingerprint density at radius 1 is 1.47 bits per heavy atom. The van der Waals surface area contributed by atoms with E-state index in [1.54, 1.807) is 19.9 Å². The monoisotopic (exact) mass is 211 g/mol. The lowest BCUT2D eigenvalue weighted by Crippen LogP contribution is -2.41. The molecule has 0 aromatic carbocycles. The maximum atomic E-state index is 11.3. The molecule has 0 saturated heterocycles. The molecule has 0 amide bonds. The molecule has 0 radical (unpaired) electrons. The zero-order chi connectivity index (χ0) is 12.0. The zero-order valence-corrected chi connectivity index (χ0v) is 9.15. The predicted octanol–water partition coefficient (Wildman–Crippen LogP) is 0.294. The van der Waals surface area contributed by atoms with Crippen LogP contribution < -0.4 is 5.11 Å². The van der Waals surface area contributed by atoms with Gasteiger partial charge in [-0.25, -0.2) is 0 Å². The second-order valence-electron chi connectivity index (χ2n) is 3.11. The molecule has 2 atom stereocenters. The summed E-state index contributed by atoms with van der Waals surface area (Å²) in [6, 6.07) is 0. The SMILES string of the molecule is C=CC(/C(C)=C/C)C(C(=O)[O-])C(=O)OC. The molecule has 0 fully saturated rings. The smallest absolute Gasteiger partial charge is 0.315 e. The number of aliphatic carboxylic acids is 1. The van der Waals surface area contributed by atoms with Crippen LogP contribution in [0, 0.1) is 11.8 Å². The minimum absolute atomic E-state index is 0.590. The number of carbonyl (C=O) groups excluding carboxylic acids is 2. The molecular formula is C11H15O4-. The molecule has 4 nitrogen and oxygen atoms in total. The normalized spacial score (nSPS) is 15.3. The highest BCUT2D eigenvalue weighted by Gasteiger charge is 2.29. The number of allylic oxidation sites excluding steroid dienone is 3. The molecule has 0 aliphatic carbocycles. The highest BCUT2D eigenvalue weighted by Crippen LogP contribution is 2.22. The van der Waals surface area contributed by atoms with E-state index < -0.39 is 23.8 Å². The fourth-order valence-corrected chi connectivity index (χ4v) is 1.29. The van der Waals surface area contributed by atoms with Crippen LogP contribution in [-0.4, -0.2) is 19.0 Å². The van der Waals surface area contributed by atoms with E-state index in [1.807, 2.05) is 0 Å². The van der Waals surface area contributed by atoms with Gasteiger partial charge in [0.05, 0.1) is 13.1 Å². The molecule has 0 aromatic rings. The lowest BCUT2D eigenvalue weighted by molar-refractivity contribution is -0.311. The van der Waals surface area contributed by atoms with Crippen LogP contribution in [0.2, 0.25) is 0 Å². The van der Waals surface area contributed by atoms with Crippen LogP contribution in [0.5, 0.6) is 0 Å².